The van der Waals surface area contributed by atoms with Crippen LogP contribution in [0, 0.1) is 5.92 Å². The van der Waals surface area contributed by atoms with E-state index in [4.69, 9.17) is 16.0 Å². The molecule has 1 aliphatic carbocycles. The maximum atomic E-state index is 13.8. The summed E-state index contributed by atoms with van der Waals surface area (Å²) in [7, 11) is 0. The normalized spacial score (nSPS) is 22.9. The molecule has 2 aliphatic heterocycles. The van der Waals surface area contributed by atoms with E-state index in [1.54, 1.807) is 0 Å². The van der Waals surface area contributed by atoms with Crippen LogP contribution in [0.3, 0.4) is 0 Å². The highest BCUT2D eigenvalue weighted by Crippen LogP contribution is 2.36. The standard InChI is InChI=1S/C30H40ClN3O4.ClH/c1-2-3-17-34-28(36)26(27(35)22-7-5-4-6-8-22)32-29(37)30(34)15-18-33(19-16-30)20-24-13-14-25(38-24)21-9-11-23(31)12-10-21;/h9-14,22,26-27,35H,2-8,15-20H2,1H3,(H,32,37);1H/t26-,27-;/m1./s1. The third kappa shape index (κ3) is 6.32. The van der Waals surface area contributed by atoms with E-state index in [0.717, 1.165) is 55.6 Å². The van der Waals surface area contributed by atoms with Gasteiger partial charge in [-0.3, -0.25) is 14.5 Å². The van der Waals surface area contributed by atoms with Gasteiger partial charge in [0.1, 0.15) is 23.1 Å². The zero-order chi connectivity index (χ0) is 26.7. The van der Waals surface area contributed by atoms with E-state index in [1.165, 1.54) is 6.42 Å². The Balaban J connectivity index is 0.00000353. The van der Waals surface area contributed by atoms with Gasteiger partial charge in [-0.25, -0.2) is 0 Å². The number of piperidine rings is 1. The minimum absolute atomic E-state index is 0. The first-order valence-corrected chi connectivity index (χ1v) is 14.7. The van der Waals surface area contributed by atoms with Gasteiger partial charge >= 0.3 is 0 Å². The number of hydrogen-bond donors (Lipinski definition) is 2. The van der Waals surface area contributed by atoms with Crippen LogP contribution in [-0.4, -0.2) is 64.0 Å². The summed E-state index contributed by atoms with van der Waals surface area (Å²) in [5, 5.41) is 14.8. The molecular formula is C30H41Cl2N3O4. The Bertz CT molecular complexity index is 1110. The highest BCUT2D eigenvalue weighted by molar-refractivity contribution is 6.30. The van der Waals surface area contributed by atoms with Crippen molar-refractivity contribution in [3.63, 3.8) is 0 Å². The summed E-state index contributed by atoms with van der Waals surface area (Å²) in [6, 6.07) is 10.7. The number of amides is 2. The van der Waals surface area contributed by atoms with Crippen LogP contribution >= 0.6 is 24.0 Å². The van der Waals surface area contributed by atoms with Crippen molar-refractivity contribution in [2.24, 2.45) is 5.92 Å². The van der Waals surface area contributed by atoms with E-state index in [2.05, 4.69) is 17.1 Å². The number of likely N-dealkylation sites (tertiary alicyclic amines) is 1. The number of unbranched alkanes of at least 4 members (excludes halogenated alkanes) is 1. The molecule has 2 saturated heterocycles. The van der Waals surface area contributed by atoms with Crippen LogP contribution in [0.25, 0.3) is 11.3 Å². The zero-order valence-electron chi connectivity index (χ0n) is 22.7. The Morgan fingerprint density at radius 2 is 1.77 bits per heavy atom. The first-order valence-electron chi connectivity index (χ1n) is 14.3. The second-order valence-corrected chi connectivity index (χ2v) is 11.7. The average Bonchev–Trinajstić information content (AvgIpc) is 3.41. The molecule has 5 rings (SSSR count). The second kappa shape index (κ2) is 13.1. The molecule has 2 atom stereocenters. The van der Waals surface area contributed by atoms with E-state index >= 15 is 0 Å². The molecule has 7 nitrogen and oxygen atoms in total. The fraction of sp³-hybridized carbons (Fsp3) is 0.600. The van der Waals surface area contributed by atoms with Gasteiger partial charge in [0.15, 0.2) is 0 Å². The smallest absolute Gasteiger partial charge is 0.248 e. The van der Waals surface area contributed by atoms with Crippen LogP contribution < -0.4 is 5.32 Å². The molecule has 9 heteroatoms. The van der Waals surface area contributed by atoms with Crippen LogP contribution in [0.2, 0.25) is 5.02 Å². The van der Waals surface area contributed by atoms with E-state index in [0.29, 0.717) is 44.0 Å². The number of furan rings is 1. The van der Waals surface area contributed by atoms with Gasteiger partial charge in [0, 0.05) is 30.2 Å². The van der Waals surface area contributed by atoms with Crippen LogP contribution in [0.1, 0.15) is 70.5 Å². The van der Waals surface area contributed by atoms with Crippen molar-refractivity contribution in [1.29, 1.82) is 0 Å². The molecule has 3 heterocycles. The number of benzene rings is 1. The first kappa shape index (κ1) is 29.9. The summed E-state index contributed by atoms with van der Waals surface area (Å²) in [5.74, 6) is 1.54. The van der Waals surface area contributed by atoms with Gasteiger partial charge in [0.05, 0.1) is 12.6 Å². The fourth-order valence-electron chi connectivity index (χ4n) is 6.49. The van der Waals surface area contributed by atoms with Crippen molar-refractivity contribution in [2.45, 2.75) is 88.9 Å². The Kier molecular flexibility index (Phi) is 10.0. The van der Waals surface area contributed by atoms with Gasteiger partial charge < -0.3 is 19.7 Å². The Morgan fingerprint density at radius 1 is 1.08 bits per heavy atom. The Morgan fingerprint density at radius 3 is 2.44 bits per heavy atom. The lowest BCUT2D eigenvalue weighted by Gasteiger charge is -2.52. The van der Waals surface area contributed by atoms with E-state index in [1.807, 2.05) is 41.3 Å². The number of aliphatic hydroxyl groups is 1. The van der Waals surface area contributed by atoms with Crippen LogP contribution in [0.4, 0.5) is 0 Å². The summed E-state index contributed by atoms with van der Waals surface area (Å²) in [5.41, 5.74) is 0.135. The largest absolute Gasteiger partial charge is 0.460 e. The lowest BCUT2D eigenvalue weighted by atomic mass is 9.78. The molecule has 2 aromatic rings. The average molecular weight is 579 g/mol. The number of nitrogens with zero attached hydrogens (tertiary/aromatic N) is 2. The fourth-order valence-corrected chi connectivity index (χ4v) is 6.62. The number of halogens is 2. The number of hydrogen-bond acceptors (Lipinski definition) is 5. The number of aliphatic hydroxyl groups excluding tert-OH is 1. The molecule has 0 unspecified atom stereocenters. The van der Waals surface area contributed by atoms with Crippen molar-refractivity contribution in [2.75, 3.05) is 19.6 Å². The van der Waals surface area contributed by atoms with E-state index < -0.39 is 17.7 Å². The molecule has 214 valence electrons. The molecule has 2 N–H and O–H groups in total. The van der Waals surface area contributed by atoms with Gasteiger partial charge in [-0.05, 0) is 74.4 Å². The lowest BCUT2D eigenvalue weighted by Crippen LogP contribution is -2.75. The van der Waals surface area contributed by atoms with Gasteiger partial charge in [0.2, 0.25) is 11.8 Å². The monoisotopic (exact) mass is 577 g/mol. The second-order valence-electron chi connectivity index (χ2n) is 11.3. The zero-order valence-corrected chi connectivity index (χ0v) is 24.3. The number of carbonyl (C=O) groups is 2. The summed E-state index contributed by atoms with van der Waals surface area (Å²) in [6.45, 7) is 4.68. The molecule has 39 heavy (non-hydrogen) atoms. The molecule has 2 amide bonds. The van der Waals surface area contributed by atoms with Gasteiger partial charge in [-0.2, -0.15) is 0 Å². The molecule has 0 radical (unpaired) electrons. The van der Waals surface area contributed by atoms with Gasteiger partial charge in [-0.15, -0.1) is 12.4 Å². The third-order valence-electron chi connectivity index (χ3n) is 8.82. The number of piperazine rings is 1. The van der Waals surface area contributed by atoms with Crippen LogP contribution in [0.15, 0.2) is 40.8 Å². The predicted octanol–water partition coefficient (Wildman–Crippen LogP) is 5.42. The summed E-state index contributed by atoms with van der Waals surface area (Å²) < 4.78 is 6.10. The molecule has 3 aliphatic rings. The highest BCUT2D eigenvalue weighted by atomic mass is 35.5. The molecule has 1 saturated carbocycles. The highest BCUT2D eigenvalue weighted by Gasteiger charge is 2.55. The minimum atomic E-state index is -0.844. The van der Waals surface area contributed by atoms with Crippen molar-refractivity contribution in [3.05, 3.63) is 47.2 Å². The lowest BCUT2D eigenvalue weighted by molar-refractivity contribution is -0.166. The number of rotatable bonds is 8. The quantitative estimate of drug-likeness (QED) is 0.437. The van der Waals surface area contributed by atoms with Crippen molar-refractivity contribution < 1.29 is 19.1 Å². The van der Waals surface area contributed by atoms with Crippen molar-refractivity contribution in [1.82, 2.24) is 15.1 Å². The summed E-state index contributed by atoms with van der Waals surface area (Å²) >= 11 is 6.01. The van der Waals surface area contributed by atoms with E-state index in [-0.39, 0.29) is 30.1 Å². The SMILES string of the molecule is CCCCN1C(=O)[C@@H]([C@H](O)C2CCCCC2)NC(=O)C12CCN(Cc1ccc(-c3ccc(Cl)cc3)o1)CC2.Cl. The van der Waals surface area contributed by atoms with Crippen LogP contribution in [0.5, 0.6) is 0 Å². The summed E-state index contributed by atoms with van der Waals surface area (Å²) in [4.78, 5) is 31.6. The molecule has 1 spiro atoms. The summed E-state index contributed by atoms with van der Waals surface area (Å²) in [6.07, 6.45) is 7.29. The topological polar surface area (TPSA) is 86.0 Å². The van der Waals surface area contributed by atoms with Gasteiger partial charge in [0.25, 0.3) is 0 Å². The van der Waals surface area contributed by atoms with E-state index in [9.17, 15) is 14.7 Å². The Hall–Kier alpha value is -2.06. The predicted molar refractivity (Wildman–Crippen MR) is 155 cm³/mol. The Labute approximate surface area is 242 Å². The van der Waals surface area contributed by atoms with Gasteiger partial charge in [-0.1, -0.05) is 44.2 Å². The maximum Gasteiger partial charge on any atom is 0.248 e. The number of nitrogens with one attached hydrogen (secondary N) is 1. The van der Waals surface area contributed by atoms with Crippen molar-refractivity contribution in [3.8, 4) is 11.3 Å². The molecule has 1 aromatic heterocycles. The molecule has 1 aromatic carbocycles. The minimum Gasteiger partial charge on any atom is -0.460 e. The van der Waals surface area contributed by atoms with Crippen molar-refractivity contribution >= 4 is 35.8 Å². The maximum absolute atomic E-state index is 13.8. The third-order valence-corrected chi connectivity index (χ3v) is 9.07. The van der Waals surface area contributed by atoms with Crippen LogP contribution in [-0.2, 0) is 16.1 Å². The molecule has 0 bridgehead atoms. The first-order chi connectivity index (χ1) is 18.4. The molecular weight excluding hydrogens is 537 g/mol. The number of carbonyl (C=O) groups excluding carboxylic acids is 2. The molecule has 3 fully saturated rings.